The molecule has 216 valence electrons. The van der Waals surface area contributed by atoms with Gasteiger partial charge in [0, 0.05) is 33.6 Å². The maximum atomic E-state index is 14.3. The lowest BCUT2D eigenvalue weighted by Gasteiger charge is -2.43. The van der Waals surface area contributed by atoms with Crippen molar-refractivity contribution in [1.29, 1.82) is 0 Å². The minimum absolute atomic E-state index is 0.117. The molecule has 2 saturated heterocycles. The monoisotopic (exact) mass is 563 g/mol. The van der Waals surface area contributed by atoms with Gasteiger partial charge in [-0.1, -0.05) is 31.5 Å². The number of imide groups is 1. The molecule has 2 aromatic carbocycles. The van der Waals surface area contributed by atoms with Crippen LogP contribution in [0.1, 0.15) is 54.1 Å². The Kier molecular flexibility index (Phi) is 7.31. The highest BCUT2D eigenvalue weighted by molar-refractivity contribution is 6.07. The van der Waals surface area contributed by atoms with Gasteiger partial charge in [0.2, 0.25) is 5.91 Å². The molecule has 11 heteroatoms. The minimum atomic E-state index is -1.09. The molecule has 5 amide bonds. The average Bonchev–Trinajstić information content (AvgIpc) is 3.39. The maximum absolute atomic E-state index is 14.3. The Morgan fingerprint density at radius 3 is 2.49 bits per heavy atom. The third-order valence-corrected chi connectivity index (χ3v) is 8.13. The van der Waals surface area contributed by atoms with E-state index in [1.807, 2.05) is 32.0 Å². The second kappa shape index (κ2) is 10.6. The number of halogens is 1. The summed E-state index contributed by atoms with van der Waals surface area (Å²) in [5, 5.41) is 2.72. The van der Waals surface area contributed by atoms with E-state index in [-0.39, 0.29) is 55.8 Å². The van der Waals surface area contributed by atoms with Gasteiger partial charge in [-0.3, -0.25) is 19.3 Å². The summed E-state index contributed by atoms with van der Waals surface area (Å²) in [6.07, 6.45) is 0.505. The number of amides is 5. The number of rotatable bonds is 6. The van der Waals surface area contributed by atoms with Crippen molar-refractivity contribution in [2.75, 3.05) is 20.1 Å². The van der Waals surface area contributed by atoms with Crippen molar-refractivity contribution in [1.82, 2.24) is 25.0 Å². The highest BCUT2D eigenvalue weighted by Crippen LogP contribution is 2.38. The molecule has 1 atom stereocenters. The Labute approximate surface area is 237 Å². The summed E-state index contributed by atoms with van der Waals surface area (Å²) in [5.74, 6) is -1.64. The number of benzene rings is 2. The number of nitrogens with zero attached hydrogens (tertiary/aromatic N) is 4. The lowest BCUT2D eigenvalue weighted by Crippen LogP contribution is -2.60. The third-order valence-electron chi connectivity index (χ3n) is 8.13. The van der Waals surface area contributed by atoms with Gasteiger partial charge in [-0.25, -0.2) is 14.2 Å². The molecule has 1 aromatic heterocycles. The number of oxazole rings is 1. The molecule has 3 heterocycles. The first-order chi connectivity index (χ1) is 19.4. The van der Waals surface area contributed by atoms with Crippen molar-refractivity contribution in [3.05, 3.63) is 64.8 Å². The molecule has 2 aliphatic rings. The Hall–Kier alpha value is -4.28. The molecule has 0 bridgehead atoms. The van der Waals surface area contributed by atoms with Crippen LogP contribution < -0.4 is 5.32 Å². The largest absolute Gasteiger partial charge is 0.441 e. The number of hydrogen-bond donors (Lipinski definition) is 1. The van der Waals surface area contributed by atoms with E-state index >= 15 is 0 Å². The fourth-order valence-corrected chi connectivity index (χ4v) is 5.79. The lowest BCUT2D eigenvalue weighted by atomic mass is 9.85. The molecule has 0 unspecified atom stereocenters. The molecule has 2 aliphatic heterocycles. The highest BCUT2D eigenvalue weighted by Gasteiger charge is 2.57. The van der Waals surface area contributed by atoms with E-state index in [0.717, 1.165) is 16.0 Å². The Morgan fingerprint density at radius 2 is 1.80 bits per heavy atom. The number of piperidine rings is 1. The second-order valence-electron chi connectivity index (χ2n) is 11.3. The highest BCUT2D eigenvalue weighted by atomic mass is 19.1. The summed E-state index contributed by atoms with van der Waals surface area (Å²) in [6.45, 7) is 7.78. The van der Waals surface area contributed by atoms with Crippen molar-refractivity contribution in [2.24, 2.45) is 5.92 Å². The van der Waals surface area contributed by atoms with Gasteiger partial charge in [0.05, 0.1) is 5.56 Å². The topological polar surface area (TPSA) is 116 Å². The Balaban J connectivity index is 1.32. The van der Waals surface area contributed by atoms with Crippen LogP contribution in [0.3, 0.4) is 0 Å². The van der Waals surface area contributed by atoms with E-state index in [0.29, 0.717) is 17.0 Å². The van der Waals surface area contributed by atoms with Crippen LogP contribution in [-0.4, -0.2) is 75.2 Å². The van der Waals surface area contributed by atoms with Gasteiger partial charge in [0.1, 0.15) is 22.9 Å². The van der Waals surface area contributed by atoms with Crippen LogP contribution in [0.15, 0.2) is 40.8 Å². The fraction of sp³-hybridized carbons (Fsp3) is 0.433. The number of fused-ring (bicyclic) bond motifs is 1. The van der Waals surface area contributed by atoms with E-state index in [1.54, 1.807) is 29.7 Å². The van der Waals surface area contributed by atoms with E-state index in [1.165, 1.54) is 19.2 Å². The molecule has 5 rings (SSSR count). The van der Waals surface area contributed by atoms with Crippen LogP contribution in [0.25, 0.3) is 11.1 Å². The van der Waals surface area contributed by atoms with Crippen molar-refractivity contribution in [3.8, 4) is 0 Å². The molecular formula is C30H34FN5O5. The van der Waals surface area contributed by atoms with Crippen LogP contribution in [0.5, 0.6) is 0 Å². The van der Waals surface area contributed by atoms with Crippen molar-refractivity contribution in [2.45, 2.75) is 58.7 Å². The summed E-state index contributed by atoms with van der Waals surface area (Å²) in [4.78, 5) is 61.8. The molecule has 0 aliphatic carbocycles. The summed E-state index contributed by atoms with van der Waals surface area (Å²) in [5.41, 5.74) is 1.64. The van der Waals surface area contributed by atoms with Gasteiger partial charge in [-0.2, -0.15) is 0 Å². The van der Waals surface area contributed by atoms with Crippen molar-refractivity contribution >= 4 is 34.9 Å². The Bertz CT molecular complexity index is 1540. The van der Waals surface area contributed by atoms with Crippen LogP contribution in [-0.2, 0) is 16.1 Å². The molecule has 3 aromatic rings. The Morgan fingerprint density at radius 1 is 1.10 bits per heavy atom. The first-order valence-corrected chi connectivity index (χ1v) is 13.7. The molecular weight excluding hydrogens is 529 g/mol. The number of carbonyl (C=O) groups excluding carboxylic acids is 4. The third kappa shape index (κ3) is 5.05. The molecule has 1 N–H and O–H groups in total. The zero-order valence-corrected chi connectivity index (χ0v) is 23.9. The summed E-state index contributed by atoms with van der Waals surface area (Å²) in [7, 11) is 1.47. The maximum Gasteiger partial charge on any atom is 0.327 e. The fourth-order valence-electron chi connectivity index (χ4n) is 5.79. The number of hydrogen-bond acceptors (Lipinski definition) is 6. The summed E-state index contributed by atoms with van der Waals surface area (Å²) < 4.78 is 20.0. The number of aryl methyl sites for hydroxylation is 2. The number of likely N-dealkylation sites (tertiary alicyclic amines) is 1. The van der Waals surface area contributed by atoms with Crippen molar-refractivity contribution < 1.29 is 28.0 Å². The first kappa shape index (κ1) is 28.3. The number of nitrogens with one attached hydrogen (secondary N) is 1. The van der Waals surface area contributed by atoms with Gasteiger partial charge in [-0.15, -0.1) is 0 Å². The smallest absolute Gasteiger partial charge is 0.327 e. The summed E-state index contributed by atoms with van der Waals surface area (Å²) in [6, 6.07) is 8.49. The van der Waals surface area contributed by atoms with Crippen LogP contribution in [0.2, 0.25) is 0 Å². The van der Waals surface area contributed by atoms with Crippen LogP contribution >= 0.6 is 0 Å². The van der Waals surface area contributed by atoms with E-state index in [4.69, 9.17) is 4.42 Å². The quantitative estimate of drug-likeness (QED) is 0.456. The van der Waals surface area contributed by atoms with Crippen molar-refractivity contribution in [3.63, 3.8) is 0 Å². The van der Waals surface area contributed by atoms with E-state index < -0.39 is 29.3 Å². The van der Waals surface area contributed by atoms with Crippen LogP contribution in [0.4, 0.5) is 9.18 Å². The predicted octanol–water partition coefficient (Wildman–Crippen LogP) is 3.79. The zero-order valence-electron chi connectivity index (χ0n) is 23.9. The molecule has 0 radical (unpaired) electrons. The standard InChI is InChI=1S/C30H34FN5O5/c1-17(2)25(33-26(37)21-14-18(3)6-8-22(21)31)27(38)35-12-10-30(11-13-35)28(39)34(5)29(40)36(30)16-20-7-9-23-24(15-20)41-19(4)32-23/h6-9,14-15,17,25H,10-13,16H2,1-5H3,(H,33,37)/t25-/m1/s1. The molecule has 10 nitrogen and oxygen atoms in total. The van der Waals surface area contributed by atoms with Crippen LogP contribution in [0, 0.1) is 25.6 Å². The average molecular weight is 564 g/mol. The number of likely N-dealkylation sites (N-methyl/N-ethyl adjacent to an activating group) is 1. The molecule has 41 heavy (non-hydrogen) atoms. The van der Waals surface area contributed by atoms with Gasteiger partial charge in [0.25, 0.3) is 11.8 Å². The van der Waals surface area contributed by atoms with Gasteiger partial charge < -0.3 is 19.5 Å². The SMILES string of the molecule is Cc1ccc(F)c(C(=O)N[C@@H](C(=O)N2CCC3(CC2)C(=O)N(C)C(=O)N3Cc2ccc3nc(C)oc3c2)C(C)C)c1. The molecule has 2 fully saturated rings. The first-order valence-electron chi connectivity index (χ1n) is 13.7. The zero-order chi connectivity index (χ0) is 29.6. The number of aromatic nitrogens is 1. The molecule has 0 saturated carbocycles. The number of carbonyl (C=O) groups is 4. The molecule has 1 spiro atoms. The summed E-state index contributed by atoms with van der Waals surface area (Å²) >= 11 is 0. The predicted molar refractivity (Wildman–Crippen MR) is 148 cm³/mol. The van der Waals surface area contributed by atoms with Gasteiger partial charge >= 0.3 is 6.03 Å². The lowest BCUT2D eigenvalue weighted by molar-refractivity contribution is -0.142. The normalized spacial score (nSPS) is 17.7. The second-order valence-corrected chi connectivity index (χ2v) is 11.3. The minimum Gasteiger partial charge on any atom is -0.441 e. The van der Waals surface area contributed by atoms with Gasteiger partial charge in [0.15, 0.2) is 11.5 Å². The van der Waals surface area contributed by atoms with E-state index in [9.17, 15) is 23.6 Å². The van der Waals surface area contributed by atoms with Gasteiger partial charge in [-0.05, 0) is 55.5 Å². The van der Waals surface area contributed by atoms with E-state index in [2.05, 4.69) is 10.3 Å². The number of urea groups is 1.